The highest BCUT2D eigenvalue weighted by molar-refractivity contribution is 7.22. The number of halogens is 1. The summed E-state index contributed by atoms with van der Waals surface area (Å²) in [4.78, 5) is 10.5. The Kier molecular flexibility index (Phi) is 2.70. The highest BCUT2D eigenvalue weighted by atomic mass is 35.5. The molecule has 1 heterocycles. The van der Waals surface area contributed by atoms with E-state index in [9.17, 15) is 4.79 Å². The van der Waals surface area contributed by atoms with Crippen molar-refractivity contribution in [2.45, 2.75) is 0 Å². The minimum Gasteiger partial charge on any atom is -0.368 e. The first-order valence-corrected chi connectivity index (χ1v) is 5.36. The van der Waals surface area contributed by atoms with Gasteiger partial charge in [0.2, 0.25) is 5.24 Å². The molecule has 0 saturated carbocycles. The zero-order valence-electron chi connectivity index (χ0n) is 7.29. The molecule has 0 aliphatic carbocycles. The normalized spacial score (nSPS) is 10.4. The lowest BCUT2D eigenvalue weighted by molar-refractivity contribution is -0.110. The predicted octanol–water partition coefficient (Wildman–Crippen LogP) is 3.08. The van der Waals surface area contributed by atoms with E-state index in [0.29, 0.717) is 0 Å². The van der Waals surface area contributed by atoms with Crippen LogP contribution >= 0.6 is 22.9 Å². The van der Waals surface area contributed by atoms with Gasteiger partial charge in [-0.15, -0.1) is 11.3 Å². The first kappa shape index (κ1) is 9.49. The van der Waals surface area contributed by atoms with Gasteiger partial charge in [0.15, 0.2) is 0 Å². The molecule has 0 unspecified atom stereocenters. The first-order valence-electron chi connectivity index (χ1n) is 4.16. The minimum absolute atomic E-state index is 0.175. The number of carbonyl (C=O) groups is 1. The van der Waals surface area contributed by atoms with Gasteiger partial charge in [-0.05, 0) is 29.1 Å². The fourth-order valence-corrected chi connectivity index (χ4v) is 2.25. The minimum atomic E-state index is -0.373. The van der Waals surface area contributed by atoms with E-state index < -0.39 is 0 Å². The molecule has 0 spiro atoms. The fraction of sp³-hybridized carbons (Fsp3) is 0.100. The molecule has 0 radical (unpaired) electrons. The van der Waals surface area contributed by atoms with Crippen molar-refractivity contribution in [1.29, 1.82) is 0 Å². The van der Waals surface area contributed by atoms with E-state index >= 15 is 0 Å². The van der Waals surface area contributed by atoms with E-state index in [1.165, 1.54) is 10.1 Å². The van der Waals surface area contributed by atoms with E-state index in [2.05, 4.69) is 5.32 Å². The zero-order chi connectivity index (χ0) is 9.97. The Balaban J connectivity index is 2.22. The lowest BCUT2D eigenvalue weighted by atomic mass is 10.3. The number of thiophene rings is 1. The van der Waals surface area contributed by atoms with Gasteiger partial charge in [-0.25, -0.2) is 0 Å². The maximum absolute atomic E-state index is 10.5. The SMILES string of the molecule is O=C(Cl)CNc1cc2ccccc2s1. The Morgan fingerprint density at radius 2 is 2.21 bits per heavy atom. The number of nitrogens with one attached hydrogen (secondary N) is 1. The average Bonchev–Trinajstić information content (AvgIpc) is 2.57. The topological polar surface area (TPSA) is 29.1 Å². The zero-order valence-corrected chi connectivity index (χ0v) is 8.86. The summed E-state index contributed by atoms with van der Waals surface area (Å²) in [6, 6.07) is 10.1. The standard InChI is InChI=1S/C10H8ClNOS/c11-9(13)6-12-10-5-7-3-1-2-4-8(7)14-10/h1-5,12H,6H2. The lowest BCUT2D eigenvalue weighted by Gasteiger charge is -1.95. The Labute approximate surface area is 90.5 Å². The summed E-state index contributed by atoms with van der Waals surface area (Å²) in [7, 11) is 0. The van der Waals surface area contributed by atoms with Gasteiger partial charge in [-0.2, -0.15) is 0 Å². The molecule has 1 aromatic carbocycles. The van der Waals surface area contributed by atoms with Crippen molar-refractivity contribution in [2.24, 2.45) is 0 Å². The van der Waals surface area contributed by atoms with Crippen molar-refractivity contribution in [3.8, 4) is 0 Å². The number of hydrogen-bond donors (Lipinski definition) is 1. The Hall–Kier alpha value is -1.06. The Morgan fingerprint density at radius 1 is 1.43 bits per heavy atom. The monoisotopic (exact) mass is 225 g/mol. The maximum atomic E-state index is 10.5. The average molecular weight is 226 g/mol. The summed E-state index contributed by atoms with van der Waals surface area (Å²) in [5.41, 5.74) is 0. The number of carbonyl (C=O) groups excluding carboxylic acids is 1. The second-order valence-corrected chi connectivity index (χ2v) is 4.36. The number of hydrogen-bond acceptors (Lipinski definition) is 3. The van der Waals surface area contributed by atoms with Crippen LogP contribution in [0.15, 0.2) is 30.3 Å². The Bertz CT molecular complexity index is 433. The number of benzene rings is 1. The maximum Gasteiger partial charge on any atom is 0.240 e. The van der Waals surface area contributed by atoms with Gasteiger partial charge in [0.25, 0.3) is 0 Å². The molecule has 1 N–H and O–H groups in total. The van der Waals surface area contributed by atoms with Crippen LogP contribution in [0, 0.1) is 0 Å². The molecule has 2 aromatic rings. The van der Waals surface area contributed by atoms with Gasteiger partial charge in [-0.1, -0.05) is 18.2 Å². The lowest BCUT2D eigenvalue weighted by Crippen LogP contribution is -2.06. The van der Waals surface area contributed by atoms with Gasteiger partial charge in [-0.3, -0.25) is 4.79 Å². The van der Waals surface area contributed by atoms with Gasteiger partial charge in [0.1, 0.15) is 0 Å². The molecular weight excluding hydrogens is 218 g/mol. The number of anilines is 1. The summed E-state index contributed by atoms with van der Waals surface area (Å²) in [5, 5.41) is 4.75. The molecule has 0 fully saturated rings. The summed E-state index contributed by atoms with van der Waals surface area (Å²) < 4.78 is 1.21. The second kappa shape index (κ2) is 3.98. The van der Waals surface area contributed by atoms with Crippen LogP contribution in [0.3, 0.4) is 0 Å². The molecule has 0 amide bonds. The molecule has 0 bridgehead atoms. The van der Waals surface area contributed by atoms with Crippen LogP contribution in [0.5, 0.6) is 0 Å². The fourth-order valence-electron chi connectivity index (χ4n) is 1.23. The van der Waals surface area contributed by atoms with E-state index in [0.717, 1.165) is 5.00 Å². The van der Waals surface area contributed by atoms with E-state index in [4.69, 9.17) is 11.6 Å². The largest absolute Gasteiger partial charge is 0.368 e. The molecule has 14 heavy (non-hydrogen) atoms. The molecule has 4 heteroatoms. The van der Waals surface area contributed by atoms with Crippen LogP contribution in [0.2, 0.25) is 0 Å². The van der Waals surface area contributed by atoms with Crippen molar-refractivity contribution in [3.63, 3.8) is 0 Å². The molecule has 72 valence electrons. The van der Waals surface area contributed by atoms with Crippen LogP contribution in [0.4, 0.5) is 5.00 Å². The highest BCUT2D eigenvalue weighted by Crippen LogP contribution is 2.29. The highest BCUT2D eigenvalue weighted by Gasteiger charge is 2.01. The van der Waals surface area contributed by atoms with Gasteiger partial charge in [0.05, 0.1) is 11.5 Å². The molecular formula is C10H8ClNOS. The van der Waals surface area contributed by atoms with Crippen LogP contribution in [-0.2, 0) is 4.79 Å². The van der Waals surface area contributed by atoms with E-state index in [-0.39, 0.29) is 11.8 Å². The third-order valence-corrected chi connectivity index (χ3v) is 3.03. The quantitative estimate of drug-likeness (QED) is 0.814. The van der Waals surface area contributed by atoms with Gasteiger partial charge >= 0.3 is 0 Å². The van der Waals surface area contributed by atoms with Crippen molar-refractivity contribution in [1.82, 2.24) is 0 Å². The van der Waals surface area contributed by atoms with E-state index in [1.54, 1.807) is 11.3 Å². The third kappa shape index (κ3) is 2.05. The molecule has 0 saturated heterocycles. The number of rotatable bonds is 3. The summed E-state index contributed by atoms with van der Waals surface area (Å²) >= 11 is 6.85. The Morgan fingerprint density at radius 3 is 2.93 bits per heavy atom. The molecule has 0 atom stereocenters. The van der Waals surface area contributed by atoms with Crippen molar-refractivity contribution in [2.75, 3.05) is 11.9 Å². The van der Waals surface area contributed by atoms with Crippen LogP contribution < -0.4 is 5.32 Å². The molecule has 1 aromatic heterocycles. The van der Waals surface area contributed by atoms with Crippen LogP contribution in [0.1, 0.15) is 0 Å². The number of fused-ring (bicyclic) bond motifs is 1. The van der Waals surface area contributed by atoms with Crippen molar-refractivity contribution < 1.29 is 4.79 Å². The molecule has 2 nitrogen and oxygen atoms in total. The second-order valence-electron chi connectivity index (χ2n) is 2.86. The van der Waals surface area contributed by atoms with Gasteiger partial charge < -0.3 is 5.32 Å². The van der Waals surface area contributed by atoms with Crippen molar-refractivity contribution >= 4 is 43.3 Å². The summed E-state index contributed by atoms with van der Waals surface area (Å²) in [5.74, 6) is 0. The molecule has 0 aliphatic rings. The van der Waals surface area contributed by atoms with Gasteiger partial charge in [0, 0.05) is 4.70 Å². The van der Waals surface area contributed by atoms with Crippen LogP contribution in [0.25, 0.3) is 10.1 Å². The third-order valence-electron chi connectivity index (χ3n) is 1.83. The summed E-state index contributed by atoms with van der Waals surface area (Å²) in [6.07, 6.45) is 0. The summed E-state index contributed by atoms with van der Waals surface area (Å²) in [6.45, 7) is 0.175. The van der Waals surface area contributed by atoms with Crippen LogP contribution in [-0.4, -0.2) is 11.8 Å². The smallest absolute Gasteiger partial charge is 0.240 e. The van der Waals surface area contributed by atoms with Crippen molar-refractivity contribution in [3.05, 3.63) is 30.3 Å². The first-order chi connectivity index (χ1) is 6.75. The molecule has 2 rings (SSSR count). The molecule has 0 aliphatic heterocycles. The predicted molar refractivity (Wildman–Crippen MR) is 61.2 cm³/mol. The van der Waals surface area contributed by atoms with E-state index in [1.807, 2.05) is 30.3 Å².